The molecule has 0 aromatic rings. The summed E-state index contributed by atoms with van der Waals surface area (Å²) in [4.78, 5) is 23.2. The van der Waals surface area contributed by atoms with Gasteiger partial charge in [0.05, 0.1) is 39.9 Å². The number of likely N-dealkylation sites (N-methyl/N-ethyl adjacent to an activating group) is 1. The Balaban J connectivity index is 4.19. The molecule has 370 valence electrons. The lowest BCUT2D eigenvalue weighted by atomic mass is 10.0. The first-order valence-corrected chi connectivity index (χ1v) is 28.0. The minimum absolute atomic E-state index is 0.0559. The minimum atomic E-state index is -4.35. The van der Waals surface area contributed by atoms with Crippen LogP contribution in [0.15, 0.2) is 48.6 Å². The summed E-state index contributed by atoms with van der Waals surface area (Å²) in [7, 11) is 1.56. The van der Waals surface area contributed by atoms with Gasteiger partial charge in [0.15, 0.2) is 0 Å². The highest BCUT2D eigenvalue weighted by molar-refractivity contribution is 7.47. The van der Waals surface area contributed by atoms with Crippen molar-refractivity contribution in [3.8, 4) is 0 Å². The fraction of sp³-hybridized carbons (Fsp3) is 0.833. The van der Waals surface area contributed by atoms with Crippen molar-refractivity contribution >= 4 is 13.7 Å². The van der Waals surface area contributed by atoms with Crippen molar-refractivity contribution in [2.75, 3.05) is 40.9 Å². The van der Waals surface area contributed by atoms with E-state index in [9.17, 15) is 19.4 Å². The molecule has 0 aliphatic heterocycles. The van der Waals surface area contributed by atoms with Crippen molar-refractivity contribution in [3.05, 3.63) is 48.6 Å². The van der Waals surface area contributed by atoms with E-state index in [1.807, 2.05) is 27.2 Å². The molecule has 0 aliphatic carbocycles. The largest absolute Gasteiger partial charge is 0.472 e. The van der Waals surface area contributed by atoms with Gasteiger partial charge >= 0.3 is 7.82 Å². The van der Waals surface area contributed by atoms with Crippen LogP contribution in [0.3, 0.4) is 0 Å². The first kappa shape index (κ1) is 61.5. The molecule has 3 atom stereocenters. The molecule has 0 aliphatic rings. The molecule has 0 spiro atoms. The van der Waals surface area contributed by atoms with E-state index in [1.165, 1.54) is 173 Å². The molecule has 0 aromatic carbocycles. The summed E-state index contributed by atoms with van der Waals surface area (Å²) >= 11 is 0. The van der Waals surface area contributed by atoms with E-state index in [-0.39, 0.29) is 19.1 Å². The number of nitrogens with zero attached hydrogens (tertiary/aromatic N) is 1. The molecule has 0 fully saturated rings. The zero-order valence-electron chi connectivity index (χ0n) is 42.1. The molecule has 0 radical (unpaired) electrons. The molecule has 3 unspecified atom stereocenters. The first-order valence-electron chi connectivity index (χ1n) is 26.5. The Morgan fingerprint density at radius 1 is 0.540 bits per heavy atom. The van der Waals surface area contributed by atoms with Crippen LogP contribution in [-0.4, -0.2) is 73.4 Å². The van der Waals surface area contributed by atoms with Crippen LogP contribution in [0, 0.1) is 0 Å². The number of phosphoric acid groups is 1. The zero-order valence-corrected chi connectivity index (χ0v) is 43.0. The Morgan fingerprint density at radius 2 is 0.921 bits per heavy atom. The van der Waals surface area contributed by atoms with Gasteiger partial charge in [0, 0.05) is 6.42 Å². The molecule has 0 saturated carbocycles. The average molecular weight is 908 g/mol. The summed E-state index contributed by atoms with van der Waals surface area (Å²) in [6.07, 6.45) is 59.2. The van der Waals surface area contributed by atoms with Crippen LogP contribution >= 0.6 is 7.82 Å². The predicted octanol–water partition coefficient (Wildman–Crippen LogP) is 15.6. The van der Waals surface area contributed by atoms with E-state index in [4.69, 9.17) is 9.05 Å². The highest BCUT2D eigenvalue weighted by atomic mass is 31.2. The monoisotopic (exact) mass is 908 g/mol. The van der Waals surface area contributed by atoms with Crippen molar-refractivity contribution in [2.45, 2.75) is 251 Å². The highest BCUT2D eigenvalue weighted by Crippen LogP contribution is 2.43. The topological polar surface area (TPSA) is 105 Å². The van der Waals surface area contributed by atoms with Crippen molar-refractivity contribution in [1.82, 2.24) is 5.32 Å². The number of quaternary nitrogens is 1. The second kappa shape index (κ2) is 45.6. The highest BCUT2D eigenvalue weighted by Gasteiger charge is 2.27. The summed E-state index contributed by atoms with van der Waals surface area (Å²) < 4.78 is 23.6. The average Bonchev–Trinajstić information content (AvgIpc) is 3.24. The number of carbonyl (C=O) groups excluding carboxylic acids is 1. The molecule has 0 rings (SSSR count). The van der Waals surface area contributed by atoms with Gasteiger partial charge < -0.3 is 19.8 Å². The lowest BCUT2D eigenvalue weighted by Gasteiger charge is -2.25. The van der Waals surface area contributed by atoms with E-state index in [1.54, 1.807) is 6.08 Å². The van der Waals surface area contributed by atoms with Gasteiger partial charge in [-0.1, -0.05) is 217 Å². The summed E-state index contributed by atoms with van der Waals surface area (Å²) in [6, 6.07) is -0.862. The smallest absolute Gasteiger partial charge is 0.387 e. The van der Waals surface area contributed by atoms with Crippen LogP contribution in [0.5, 0.6) is 0 Å². The quantitative estimate of drug-likeness (QED) is 0.0243. The third-order valence-corrected chi connectivity index (χ3v) is 12.8. The third kappa shape index (κ3) is 48.2. The minimum Gasteiger partial charge on any atom is -0.387 e. The number of nitrogens with one attached hydrogen (secondary N) is 1. The molecular weight excluding hydrogens is 804 g/mol. The number of aliphatic hydroxyl groups excluding tert-OH is 1. The third-order valence-electron chi connectivity index (χ3n) is 11.8. The summed E-state index contributed by atoms with van der Waals surface area (Å²) in [5, 5.41) is 13.9. The van der Waals surface area contributed by atoms with Crippen LogP contribution in [0.2, 0.25) is 0 Å². The van der Waals surface area contributed by atoms with E-state index in [0.717, 1.165) is 44.9 Å². The van der Waals surface area contributed by atoms with Crippen LogP contribution in [-0.2, 0) is 18.4 Å². The van der Waals surface area contributed by atoms with Gasteiger partial charge in [-0.15, -0.1) is 0 Å². The number of amides is 1. The summed E-state index contributed by atoms with van der Waals surface area (Å²) in [5.41, 5.74) is 0. The maximum absolute atomic E-state index is 12.9. The second-order valence-electron chi connectivity index (χ2n) is 19.2. The predicted molar refractivity (Wildman–Crippen MR) is 272 cm³/mol. The number of rotatable bonds is 48. The van der Waals surface area contributed by atoms with E-state index < -0.39 is 20.0 Å². The van der Waals surface area contributed by atoms with Gasteiger partial charge in [0.2, 0.25) is 5.91 Å². The number of hydrogen-bond donors (Lipinski definition) is 3. The van der Waals surface area contributed by atoms with Gasteiger partial charge in [0.1, 0.15) is 13.2 Å². The Bertz CT molecular complexity index is 1170. The van der Waals surface area contributed by atoms with E-state index >= 15 is 0 Å². The first-order chi connectivity index (χ1) is 30.5. The Labute approximate surface area is 390 Å². The SMILES string of the molecule is CCCCCCC/C=C\C/C=C\CCCCCCCCCCCCCCCCCC(=O)NC(COP(=O)(O)OCC[N+](C)(C)C)C(O)/C=C/CC/C=C/CCCCCCCCCC. The lowest BCUT2D eigenvalue weighted by Crippen LogP contribution is -2.45. The van der Waals surface area contributed by atoms with Crippen molar-refractivity contribution in [3.63, 3.8) is 0 Å². The standard InChI is InChI=1S/C54H103N2O6P/c1-6-8-10-12-14-16-18-20-22-23-24-25-26-27-28-29-30-31-32-33-34-36-38-40-42-44-46-48-54(58)55-52(51-62-63(59,60)61-50-49-56(3,4)5)53(57)47-45-43-41-39-37-35-21-19-17-15-13-11-9-7-2/h18,20,23-24,37,39,45,47,52-53,57H,6-17,19,21-22,25-36,38,40-44,46,48-51H2,1-5H3,(H-,55,58,59,60)/p+1/b20-18-,24-23-,39-37+,47-45+. The Hall–Kier alpha value is -1.54. The fourth-order valence-electron chi connectivity index (χ4n) is 7.56. The molecule has 1 amide bonds. The summed E-state index contributed by atoms with van der Waals surface area (Å²) in [6.45, 7) is 4.79. The van der Waals surface area contributed by atoms with Gasteiger partial charge in [0.25, 0.3) is 0 Å². The van der Waals surface area contributed by atoms with Crippen LogP contribution in [0.25, 0.3) is 0 Å². The number of allylic oxidation sites excluding steroid dienone is 7. The molecule has 0 saturated heterocycles. The maximum Gasteiger partial charge on any atom is 0.472 e. The zero-order chi connectivity index (χ0) is 46.4. The molecule has 0 bridgehead atoms. The van der Waals surface area contributed by atoms with Crippen LogP contribution in [0.4, 0.5) is 0 Å². The van der Waals surface area contributed by atoms with Crippen molar-refractivity contribution < 1.29 is 32.9 Å². The number of carbonyl (C=O) groups is 1. The van der Waals surface area contributed by atoms with Gasteiger partial charge in [-0.25, -0.2) is 4.57 Å². The maximum atomic E-state index is 12.9. The van der Waals surface area contributed by atoms with E-state index in [2.05, 4.69) is 55.6 Å². The van der Waals surface area contributed by atoms with E-state index in [0.29, 0.717) is 17.4 Å². The Kier molecular flexibility index (Phi) is 44.5. The molecule has 63 heavy (non-hydrogen) atoms. The number of aliphatic hydroxyl groups is 1. The number of hydrogen-bond acceptors (Lipinski definition) is 5. The van der Waals surface area contributed by atoms with Gasteiger partial charge in [-0.3, -0.25) is 13.8 Å². The van der Waals surface area contributed by atoms with Gasteiger partial charge in [-0.05, 0) is 64.2 Å². The fourth-order valence-corrected chi connectivity index (χ4v) is 8.29. The number of unbranched alkanes of at least 4 members (excludes halogenated alkanes) is 29. The molecule has 3 N–H and O–H groups in total. The van der Waals surface area contributed by atoms with Crippen molar-refractivity contribution in [1.29, 1.82) is 0 Å². The molecule has 0 aromatic heterocycles. The van der Waals surface area contributed by atoms with Crippen molar-refractivity contribution in [2.24, 2.45) is 0 Å². The second-order valence-corrected chi connectivity index (χ2v) is 20.7. The van der Waals surface area contributed by atoms with Crippen LogP contribution in [0.1, 0.15) is 239 Å². The molecule has 9 heteroatoms. The molecule has 0 heterocycles. The van der Waals surface area contributed by atoms with Gasteiger partial charge in [-0.2, -0.15) is 0 Å². The lowest BCUT2D eigenvalue weighted by molar-refractivity contribution is -0.870. The summed E-state index contributed by atoms with van der Waals surface area (Å²) in [5.74, 6) is -0.187. The molecule has 8 nitrogen and oxygen atoms in total. The Morgan fingerprint density at radius 3 is 1.37 bits per heavy atom. The normalized spacial score (nSPS) is 14.5. The van der Waals surface area contributed by atoms with Crippen LogP contribution < -0.4 is 5.32 Å². The number of phosphoric ester groups is 1. The molecular formula is C54H104N2O6P+.